The van der Waals surface area contributed by atoms with Gasteiger partial charge in [-0.05, 0) is 80.1 Å². The Bertz CT molecular complexity index is 1360. The number of benzene rings is 5. The molecular weight excluding hydrogens is 452 g/mol. The lowest BCUT2D eigenvalue weighted by molar-refractivity contribution is 0.0452. The van der Waals surface area contributed by atoms with Crippen LogP contribution in [0.3, 0.4) is 0 Å². The van der Waals surface area contributed by atoms with E-state index in [1.807, 2.05) is 60.7 Å². The molecule has 0 fully saturated rings. The molecule has 0 saturated carbocycles. The summed E-state index contributed by atoms with van der Waals surface area (Å²) in [6.45, 7) is 0.479. The zero-order valence-electron chi connectivity index (χ0n) is 19.2. The van der Waals surface area contributed by atoms with E-state index in [2.05, 4.69) is 60.7 Å². The molecule has 0 unspecified atom stereocenters. The quantitative estimate of drug-likeness (QED) is 0.142. The van der Waals surface area contributed by atoms with E-state index in [1.54, 1.807) is 6.07 Å². The molecule has 174 valence electrons. The van der Waals surface area contributed by atoms with Gasteiger partial charge in [-0.3, -0.25) is 0 Å². The second-order valence-corrected chi connectivity index (χ2v) is 10.2. The zero-order valence-corrected chi connectivity index (χ0v) is 20.1. The minimum Gasteiger partial charge on any atom is -0.490 e. The first-order chi connectivity index (χ1) is 17.3. The third kappa shape index (κ3) is 5.39. The number of hydrogen-bond acceptors (Lipinski definition) is 3. The molecular formula is C31H26O3S. The van der Waals surface area contributed by atoms with Crippen LogP contribution < -0.4 is 4.74 Å². The fourth-order valence-electron chi connectivity index (χ4n) is 4.07. The summed E-state index contributed by atoms with van der Waals surface area (Å²) < 4.78 is 11.3. The Morgan fingerprint density at radius 2 is 1.14 bits per heavy atom. The van der Waals surface area contributed by atoms with Gasteiger partial charge in [0.2, 0.25) is 0 Å². The van der Waals surface area contributed by atoms with Gasteiger partial charge in [0.25, 0.3) is 0 Å². The summed E-state index contributed by atoms with van der Waals surface area (Å²) in [6.07, 6.45) is 0. The molecule has 0 saturated heterocycles. The van der Waals surface area contributed by atoms with E-state index in [0.717, 1.165) is 16.5 Å². The molecule has 0 aliphatic carbocycles. The topological polar surface area (TPSA) is 35.5 Å². The Morgan fingerprint density at radius 1 is 0.571 bits per heavy atom. The van der Waals surface area contributed by atoms with E-state index in [4.69, 9.17) is 9.47 Å². The van der Waals surface area contributed by atoms with Crippen molar-refractivity contribution in [1.82, 2.24) is 0 Å². The van der Waals surface area contributed by atoms with E-state index in [0.29, 0.717) is 12.2 Å². The summed E-state index contributed by atoms with van der Waals surface area (Å²) in [4.78, 5) is 16.5. The van der Waals surface area contributed by atoms with E-state index in [9.17, 15) is 4.79 Å². The van der Waals surface area contributed by atoms with Crippen molar-refractivity contribution in [3.63, 3.8) is 0 Å². The van der Waals surface area contributed by atoms with Crippen LogP contribution in [0.4, 0.5) is 0 Å². The summed E-state index contributed by atoms with van der Waals surface area (Å²) in [5.74, 6) is 0.420. The second-order valence-electron chi connectivity index (χ2n) is 8.01. The highest BCUT2D eigenvalue weighted by atomic mass is 32.2. The summed E-state index contributed by atoms with van der Waals surface area (Å²) in [7, 11) is -0.648. The van der Waals surface area contributed by atoms with Crippen LogP contribution in [0, 0.1) is 0 Å². The van der Waals surface area contributed by atoms with E-state index in [1.165, 1.54) is 14.7 Å². The molecule has 0 amide bonds. The molecule has 0 aliphatic rings. The lowest BCUT2D eigenvalue weighted by Crippen LogP contribution is -2.12. The number of ether oxygens (including phenoxy) is 2. The molecule has 0 atom stereocenters. The Morgan fingerprint density at radius 3 is 1.83 bits per heavy atom. The number of rotatable bonds is 8. The molecule has 0 aliphatic heterocycles. The number of esters is 1. The van der Waals surface area contributed by atoms with Crippen LogP contribution in [0.5, 0.6) is 5.75 Å². The predicted molar refractivity (Wildman–Crippen MR) is 143 cm³/mol. The van der Waals surface area contributed by atoms with Gasteiger partial charge >= 0.3 is 5.97 Å². The smallest absolute Gasteiger partial charge is 0.338 e. The molecule has 0 radical (unpaired) electrons. The molecule has 0 spiro atoms. The Balaban J connectivity index is 1.22. The predicted octanol–water partition coefficient (Wildman–Crippen LogP) is 7.55. The third-order valence-electron chi connectivity index (χ3n) is 5.72. The van der Waals surface area contributed by atoms with Crippen molar-refractivity contribution in [2.45, 2.75) is 14.7 Å². The SMILES string of the molecule is O=C(OCCOc1ccc([SH](c2ccccc2)c2ccccc2)cc1)c1cccc2ccccc12. The molecule has 5 aromatic carbocycles. The van der Waals surface area contributed by atoms with E-state index in [-0.39, 0.29) is 12.6 Å². The maximum atomic E-state index is 12.6. The van der Waals surface area contributed by atoms with Crippen molar-refractivity contribution in [2.75, 3.05) is 13.2 Å². The van der Waals surface area contributed by atoms with E-state index >= 15 is 0 Å². The zero-order chi connectivity index (χ0) is 23.9. The molecule has 4 heteroatoms. The lowest BCUT2D eigenvalue weighted by atomic mass is 10.1. The molecule has 3 nitrogen and oxygen atoms in total. The van der Waals surface area contributed by atoms with Crippen LogP contribution in [-0.4, -0.2) is 19.2 Å². The molecule has 0 aromatic heterocycles. The van der Waals surface area contributed by atoms with Crippen LogP contribution in [0.1, 0.15) is 10.4 Å². The average Bonchev–Trinajstić information content (AvgIpc) is 2.93. The normalized spacial score (nSPS) is 11.1. The number of carbonyl (C=O) groups is 1. The summed E-state index contributed by atoms with van der Waals surface area (Å²) >= 11 is 0. The third-order valence-corrected chi connectivity index (χ3v) is 8.16. The Kier molecular flexibility index (Phi) is 7.11. The average molecular weight is 479 g/mol. The van der Waals surface area contributed by atoms with Crippen LogP contribution in [0.15, 0.2) is 142 Å². The number of fused-ring (bicyclic) bond motifs is 1. The van der Waals surface area contributed by atoms with Crippen LogP contribution >= 0.6 is 10.9 Å². The molecule has 5 rings (SSSR count). The van der Waals surface area contributed by atoms with Gasteiger partial charge in [0.15, 0.2) is 0 Å². The minimum absolute atomic E-state index is 0.185. The van der Waals surface area contributed by atoms with Crippen LogP contribution in [0.25, 0.3) is 10.8 Å². The van der Waals surface area contributed by atoms with Crippen molar-refractivity contribution < 1.29 is 14.3 Å². The highest BCUT2D eigenvalue weighted by molar-refractivity contribution is 8.17. The van der Waals surface area contributed by atoms with Crippen LogP contribution in [-0.2, 0) is 4.74 Å². The monoisotopic (exact) mass is 478 g/mol. The Labute approximate surface area is 208 Å². The van der Waals surface area contributed by atoms with Crippen molar-refractivity contribution in [1.29, 1.82) is 0 Å². The van der Waals surface area contributed by atoms with Crippen molar-refractivity contribution in [2.24, 2.45) is 0 Å². The lowest BCUT2D eigenvalue weighted by Gasteiger charge is -2.23. The molecule has 0 N–H and O–H groups in total. The van der Waals surface area contributed by atoms with E-state index < -0.39 is 10.9 Å². The van der Waals surface area contributed by atoms with Gasteiger partial charge in [-0.1, -0.05) is 72.8 Å². The largest absolute Gasteiger partial charge is 0.490 e. The fraction of sp³-hybridized carbons (Fsp3) is 0.0645. The minimum atomic E-state index is -0.648. The summed E-state index contributed by atoms with van der Waals surface area (Å²) in [5.41, 5.74) is 0.572. The van der Waals surface area contributed by atoms with Gasteiger partial charge in [-0.15, -0.1) is 0 Å². The van der Waals surface area contributed by atoms with Crippen molar-refractivity contribution >= 4 is 27.6 Å². The van der Waals surface area contributed by atoms with Gasteiger partial charge in [-0.25, -0.2) is 4.79 Å². The second kappa shape index (κ2) is 10.9. The summed E-state index contributed by atoms with van der Waals surface area (Å²) in [5, 5.41) is 1.91. The molecule has 35 heavy (non-hydrogen) atoms. The number of carbonyl (C=O) groups excluding carboxylic acids is 1. The first-order valence-corrected chi connectivity index (χ1v) is 12.9. The molecule has 0 heterocycles. The van der Waals surface area contributed by atoms with Gasteiger partial charge in [0.1, 0.15) is 19.0 Å². The molecule has 5 aromatic rings. The van der Waals surface area contributed by atoms with Crippen molar-refractivity contribution in [3.05, 3.63) is 133 Å². The van der Waals surface area contributed by atoms with Gasteiger partial charge in [0.05, 0.1) is 5.56 Å². The maximum Gasteiger partial charge on any atom is 0.338 e. The highest BCUT2D eigenvalue weighted by Crippen LogP contribution is 2.51. The number of hydrogen-bond donors (Lipinski definition) is 1. The highest BCUT2D eigenvalue weighted by Gasteiger charge is 2.13. The van der Waals surface area contributed by atoms with Crippen molar-refractivity contribution in [3.8, 4) is 5.75 Å². The maximum absolute atomic E-state index is 12.6. The number of thiol groups is 1. The Hall–Kier alpha value is -4.02. The summed E-state index contributed by atoms with van der Waals surface area (Å²) in [6, 6.07) is 42.9. The first kappa shape index (κ1) is 22.8. The van der Waals surface area contributed by atoms with Gasteiger partial charge < -0.3 is 9.47 Å². The van der Waals surface area contributed by atoms with Gasteiger partial charge in [0, 0.05) is 0 Å². The van der Waals surface area contributed by atoms with Crippen LogP contribution in [0.2, 0.25) is 0 Å². The first-order valence-electron chi connectivity index (χ1n) is 11.6. The molecule has 0 bridgehead atoms. The van der Waals surface area contributed by atoms with Gasteiger partial charge in [-0.2, -0.15) is 10.9 Å². The standard InChI is InChI=1S/C31H26O3S/c32-31(30-17-9-11-24-10-7-8-16-29(24)30)34-23-22-33-25-18-20-28(21-19-25)35(26-12-3-1-4-13-26)27-14-5-2-6-15-27/h1-21,35H,22-23H2. The fourth-order valence-corrected chi connectivity index (χ4v) is 6.35.